The molecule has 4 heteroatoms. The minimum Gasteiger partial charge on any atom is -0.264 e. The van der Waals surface area contributed by atoms with Crippen LogP contribution in [0.5, 0.6) is 0 Å². The van der Waals surface area contributed by atoms with Crippen molar-refractivity contribution in [1.82, 2.24) is 5.23 Å². The van der Waals surface area contributed by atoms with Gasteiger partial charge >= 0.3 is 5.91 Å². The van der Waals surface area contributed by atoms with Crippen LogP contribution in [0.2, 0.25) is 0 Å². The van der Waals surface area contributed by atoms with Crippen LogP contribution in [-0.2, 0) is 0 Å². The Balaban J connectivity index is 2.66. The van der Waals surface area contributed by atoms with Crippen molar-refractivity contribution >= 4 is 16.7 Å². The summed E-state index contributed by atoms with van der Waals surface area (Å²) < 4.78 is 0. The Hall–Kier alpha value is -1.91. The van der Waals surface area contributed by atoms with E-state index in [-0.39, 0.29) is 5.56 Å². The van der Waals surface area contributed by atoms with E-state index in [1.165, 1.54) is 0 Å². The molecule has 0 saturated carbocycles. The van der Waals surface area contributed by atoms with Gasteiger partial charge in [0.2, 0.25) is 0 Å². The average Bonchev–Trinajstić information content (AvgIpc) is 2.27. The summed E-state index contributed by atoms with van der Waals surface area (Å²) in [5, 5.41) is 18.5. The van der Waals surface area contributed by atoms with Crippen LogP contribution in [0.1, 0.15) is 10.4 Å². The molecule has 4 nitrogen and oxygen atoms in total. The highest BCUT2D eigenvalue weighted by molar-refractivity contribution is 6.06. The summed E-state index contributed by atoms with van der Waals surface area (Å²) in [6.07, 6.45) is 0. The molecule has 0 aliphatic carbocycles. The van der Waals surface area contributed by atoms with Crippen LogP contribution in [0.4, 0.5) is 0 Å². The lowest BCUT2D eigenvalue weighted by Crippen LogP contribution is -2.23. The van der Waals surface area contributed by atoms with Crippen LogP contribution in [0.25, 0.3) is 10.8 Å². The zero-order valence-corrected chi connectivity index (χ0v) is 7.79. The van der Waals surface area contributed by atoms with Crippen molar-refractivity contribution in [1.29, 1.82) is 0 Å². The van der Waals surface area contributed by atoms with Crippen molar-refractivity contribution in [2.24, 2.45) is 0 Å². The second-order valence-corrected chi connectivity index (χ2v) is 3.12. The van der Waals surface area contributed by atoms with Gasteiger partial charge in [0.05, 0.1) is 5.56 Å². The number of hydrogen-bond acceptors (Lipinski definition) is 3. The molecule has 0 saturated heterocycles. The maximum absolute atomic E-state index is 11.4. The molecule has 0 aliphatic rings. The summed E-state index contributed by atoms with van der Waals surface area (Å²) in [5.41, 5.74) is 0.262. The predicted octanol–water partition coefficient (Wildman–Crippen LogP) is 2.06. The van der Waals surface area contributed by atoms with E-state index in [1.807, 2.05) is 18.2 Å². The zero-order valence-electron chi connectivity index (χ0n) is 7.79. The Labute approximate surface area is 85.9 Å². The van der Waals surface area contributed by atoms with Crippen molar-refractivity contribution in [2.45, 2.75) is 0 Å². The van der Waals surface area contributed by atoms with Crippen LogP contribution < -0.4 is 0 Å². The van der Waals surface area contributed by atoms with Gasteiger partial charge < -0.3 is 0 Å². The van der Waals surface area contributed by atoms with Crippen LogP contribution in [0.15, 0.2) is 42.5 Å². The number of rotatable bonds is 1. The number of hydroxylamine groups is 2. The first-order valence-corrected chi connectivity index (χ1v) is 4.40. The first kappa shape index (κ1) is 9.64. The first-order valence-electron chi connectivity index (χ1n) is 4.40. The average molecular weight is 203 g/mol. The molecule has 0 atom stereocenters. The van der Waals surface area contributed by atoms with Crippen molar-refractivity contribution in [3.8, 4) is 0 Å². The Morgan fingerprint density at radius 2 is 1.67 bits per heavy atom. The van der Waals surface area contributed by atoms with Gasteiger partial charge in [-0.2, -0.15) is 0 Å². The molecular weight excluding hydrogens is 194 g/mol. The van der Waals surface area contributed by atoms with Gasteiger partial charge in [-0.05, 0) is 16.8 Å². The third-order valence-electron chi connectivity index (χ3n) is 2.20. The molecule has 0 aromatic heterocycles. The van der Waals surface area contributed by atoms with E-state index < -0.39 is 11.1 Å². The number of amides is 1. The van der Waals surface area contributed by atoms with E-state index in [0.717, 1.165) is 5.39 Å². The molecule has 0 fully saturated rings. The standard InChI is InChI=1S/C11H9NO3/c13-11(12(14)15)10-7-3-5-8-4-1-2-6-9(8)10/h1-7,14-15H. The maximum atomic E-state index is 11.4. The fourth-order valence-electron chi connectivity index (χ4n) is 1.52. The third-order valence-corrected chi connectivity index (χ3v) is 2.20. The number of benzene rings is 2. The lowest BCUT2D eigenvalue weighted by molar-refractivity contribution is -0.259. The number of nitrogens with zero attached hydrogens (tertiary/aromatic N) is 1. The molecule has 2 aromatic carbocycles. The molecule has 2 rings (SSSR count). The van der Waals surface area contributed by atoms with Gasteiger partial charge in [-0.15, -0.1) is 0 Å². The Morgan fingerprint density at radius 1 is 1.00 bits per heavy atom. The molecule has 0 heterocycles. The molecule has 15 heavy (non-hydrogen) atoms. The lowest BCUT2D eigenvalue weighted by Gasteiger charge is -2.08. The molecule has 0 radical (unpaired) electrons. The summed E-state index contributed by atoms with van der Waals surface area (Å²) in [4.78, 5) is 11.4. The van der Waals surface area contributed by atoms with E-state index in [9.17, 15) is 4.79 Å². The smallest absolute Gasteiger partial charge is 0.264 e. The van der Waals surface area contributed by atoms with Crippen molar-refractivity contribution < 1.29 is 15.2 Å². The summed E-state index contributed by atoms with van der Waals surface area (Å²) in [6, 6.07) is 12.3. The van der Waals surface area contributed by atoms with E-state index in [2.05, 4.69) is 0 Å². The van der Waals surface area contributed by atoms with Crippen LogP contribution >= 0.6 is 0 Å². The maximum Gasteiger partial charge on any atom is 0.304 e. The summed E-state index contributed by atoms with van der Waals surface area (Å²) in [7, 11) is 0. The van der Waals surface area contributed by atoms with Crippen LogP contribution in [0, 0.1) is 0 Å². The van der Waals surface area contributed by atoms with Crippen molar-refractivity contribution in [2.75, 3.05) is 0 Å². The van der Waals surface area contributed by atoms with Crippen LogP contribution in [0.3, 0.4) is 0 Å². The molecule has 0 spiro atoms. The monoisotopic (exact) mass is 203 g/mol. The van der Waals surface area contributed by atoms with E-state index in [1.54, 1.807) is 24.3 Å². The van der Waals surface area contributed by atoms with Gasteiger partial charge in [-0.25, -0.2) is 0 Å². The molecule has 1 amide bonds. The highest BCUT2D eigenvalue weighted by Crippen LogP contribution is 2.19. The highest BCUT2D eigenvalue weighted by atomic mass is 16.8. The van der Waals surface area contributed by atoms with Gasteiger partial charge in [0, 0.05) is 0 Å². The summed E-state index contributed by atoms with van der Waals surface area (Å²) in [5.74, 6) is -0.841. The second kappa shape index (κ2) is 3.68. The van der Waals surface area contributed by atoms with Crippen LogP contribution in [-0.4, -0.2) is 21.5 Å². The topological polar surface area (TPSA) is 60.8 Å². The summed E-state index contributed by atoms with van der Waals surface area (Å²) >= 11 is 0. The van der Waals surface area contributed by atoms with Crippen molar-refractivity contribution in [3.05, 3.63) is 48.0 Å². The quantitative estimate of drug-likeness (QED) is 0.551. The number of fused-ring (bicyclic) bond motifs is 1. The number of carbonyl (C=O) groups excluding carboxylic acids is 1. The van der Waals surface area contributed by atoms with Gasteiger partial charge in [0.15, 0.2) is 0 Å². The van der Waals surface area contributed by atoms with Gasteiger partial charge in [0.1, 0.15) is 0 Å². The molecule has 0 unspecified atom stereocenters. The van der Waals surface area contributed by atoms with Gasteiger partial charge in [-0.1, -0.05) is 41.6 Å². The number of hydrogen-bond donors (Lipinski definition) is 2. The van der Waals surface area contributed by atoms with E-state index in [0.29, 0.717) is 5.39 Å². The van der Waals surface area contributed by atoms with Gasteiger partial charge in [0.25, 0.3) is 0 Å². The Morgan fingerprint density at radius 3 is 2.40 bits per heavy atom. The largest absolute Gasteiger partial charge is 0.304 e. The second-order valence-electron chi connectivity index (χ2n) is 3.12. The Kier molecular flexibility index (Phi) is 2.37. The molecular formula is C11H9NO3. The summed E-state index contributed by atoms with van der Waals surface area (Å²) in [6.45, 7) is 0. The molecule has 76 valence electrons. The normalized spacial score (nSPS) is 10.3. The Bertz CT molecular complexity index is 503. The lowest BCUT2D eigenvalue weighted by atomic mass is 10.0. The predicted molar refractivity (Wildman–Crippen MR) is 53.7 cm³/mol. The first-order chi connectivity index (χ1) is 7.20. The highest BCUT2D eigenvalue weighted by Gasteiger charge is 2.13. The zero-order chi connectivity index (χ0) is 10.8. The molecule has 0 bridgehead atoms. The fraction of sp³-hybridized carbons (Fsp3) is 0. The third kappa shape index (κ3) is 1.68. The minimum absolute atomic E-state index is 0.262. The van der Waals surface area contributed by atoms with E-state index in [4.69, 9.17) is 10.4 Å². The van der Waals surface area contributed by atoms with E-state index >= 15 is 0 Å². The van der Waals surface area contributed by atoms with Gasteiger partial charge in [-0.3, -0.25) is 15.2 Å². The number of carbonyl (C=O) groups is 1. The minimum atomic E-state index is -0.841. The molecule has 2 aromatic rings. The fourth-order valence-corrected chi connectivity index (χ4v) is 1.52. The molecule has 0 aliphatic heterocycles. The molecule has 2 N–H and O–H groups in total. The SMILES string of the molecule is O=C(c1cccc2ccccc12)N(O)O. The van der Waals surface area contributed by atoms with Crippen molar-refractivity contribution in [3.63, 3.8) is 0 Å².